The van der Waals surface area contributed by atoms with Crippen LogP contribution in [0.15, 0.2) is 18.2 Å². The molecule has 2 atom stereocenters. The summed E-state index contributed by atoms with van der Waals surface area (Å²) in [5, 5.41) is 25.6. The number of hydrogen-bond acceptors (Lipinski definition) is 11. The zero-order valence-corrected chi connectivity index (χ0v) is 21.7. The molecule has 10 nitrogen and oxygen atoms in total. The summed E-state index contributed by atoms with van der Waals surface area (Å²) in [4.78, 5) is 29.6. The normalized spacial score (nSPS) is 20.8. The highest BCUT2D eigenvalue weighted by molar-refractivity contribution is 7.15. The second-order valence-corrected chi connectivity index (χ2v) is 11.4. The van der Waals surface area contributed by atoms with Gasteiger partial charge in [0, 0.05) is 18.8 Å². The number of aromatic nitrogens is 5. The van der Waals surface area contributed by atoms with Crippen molar-refractivity contribution in [2.24, 2.45) is 0 Å². The standard InChI is InChI=1S/C23H26F2N8O2S2/c1-13(34)27-22-32-30-20(37-22)15-5-2-4-14(8-15)19-29-31-21(36-19)26-10-17(35)9-16-6-3-7-18(28-16)33-11-23(24,25)12-33/h3,6-7,14-15H,2,4-5,8-12H2,1H3,(H,26,31)(H,27,32,34)/t14-,15-/m0/s1. The average molecular weight is 549 g/mol. The van der Waals surface area contributed by atoms with Crippen LogP contribution in [0.1, 0.15) is 60.2 Å². The van der Waals surface area contributed by atoms with Crippen molar-refractivity contribution >= 4 is 50.4 Å². The fraction of sp³-hybridized carbons (Fsp3) is 0.522. The molecule has 5 rings (SSSR count). The molecule has 1 saturated carbocycles. The summed E-state index contributed by atoms with van der Waals surface area (Å²) in [6.45, 7) is 0.824. The first-order chi connectivity index (χ1) is 17.7. The van der Waals surface area contributed by atoms with Crippen LogP contribution in [-0.2, 0) is 16.0 Å². The molecular formula is C23H26F2N8O2S2. The zero-order chi connectivity index (χ0) is 26.0. The van der Waals surface area contributed by atoms with E-state index >= 15 is 0 Å². The molecule has 14 heteroatoms. The highest BCUT2D eigenvalue weighted by atomic mass is 32.1. The Morgan fingerprint density at radius 1 is 1.05 bits per heavy atom. The first-order valence-electron chi connectivity index (χ1n) is 12.0. The predicted octanol–water partition coefficient (Wildman–Crippen LogP) is 3.86. The largest absolute Gasteiger partial charge is 0.353 e. The minimum absolute atomic E-state index is 0.0757. The van der Waals surface area contributed by atoms with Gasteiger partial charge in [-0.05, 0) is 31.4 Å². The number of anilines is 3. The highest BCUT2D eigenvalue weighted by Crippen LogP contribution is 2.43. The van der Waals surface area contributed by atoms with E-state index in [2.05, 4.69) is 36.0 Å². The van der Waals surface area contributed by atoms with Crippen molar-refractivity contribution in [1.82, 2.24) is 25.4 Å². The maximum absolute atomic E-state index is 13.1. The number of nitrogens with one attached hydrogen (secondary N) is 2. The maximum Gasteiger partial charge on any atom is 0.282 e. The summed E-state index contributed by atoms with van der Waals surface area (Å²) >= 11 is 2.86. The third-order valence-electron chi connectivity index (χ3n) is 6.31. The fourth-order valence-electron chi connectivity index (χ4n) is 4.56. The highest BCUT2D eigenvalue weighted by Gasteiger charge is 2.44. The lowest BCUT2D eigenvalue weighted by atomic mass is 9.82. The van der Waals surface area contributed by atoms with Crippen LogP contribution in [0.4, 0.5) is 24.9 Å². The topological polar surface area (TPSA) is 126 Å². The van der Waals surface area contributed by atoms with Crippen molar-refractivity contribution in [2.45, 2.75) is 56.8 Å². The molecule has 3 aromatic heterocycles. The molecular weight excluding hydrogens is 522 g/mol. The number of pyridine rings is 1. The van der Waals surface area contributed by atoms with Gasteiger partial charge in [-0.2, -0.15) is 0 Å². The van der Waals surface area contributed by atoms with Crippen molar-refractivity contribution in [2.75, 3.05) is 35.2 Å². The Labute approximate surface area is 219 Å². The van der Waals surface area contributed by atoms with Crippen LogP contribution < -0.4 is 15.5 Å². The Morgan fingerprint density at radius 3 is 2.41 bits per heavy atom. The smallest absolute Gasteiger partial charge is 0.282 e. The van der Waals surface area contributed by atoms with Gasteiger partial charge < -0.3 is 15.5 Å². The van der Waals surface area contributed by atoms with Crippen molar-refractivity contribution in [3.8, 4) is 0 Å². The SMILES string of the molecule is CC(=O)Nc1nnc([C@H]2CCC[C@H](c3nnc(NCC(=O)Cc4cccc(N5CC(F)(F)C5)n4)s3)C2)s1. The van der Waals surface area contributed by atoms with Crippen molar-refractivity contribution < 1.29 is 18.4 Å². The third-order valence-corrected chi connectivity index (χ3v) is 8.36. The van der Waals surface area contributed by atoms with E-state index in [-0.39, 0.29) is 49.6 Å². The first kappa shape index (κ1) is 25.5. The molecule has 0 spiro atoms. The molecule has 1 saturated heterocycles. The molecule has 37 heavy (non-hydrogen) atoms. The van der Waals surface area contributed by atoms with Gasteiger partial charge in [0.05, 0.1) is 31.7 Å². The molecule has 0 bridgehead atoms. The lowest BCUT2D eigenvalue weighted by Gasteiger charge is -2.39. The quantitative estimate of drug-likeness (QED) is 0.410. The number of carbonyl (C=O) groups excluding carboxylic acids is 2. The van der Waals surface area contributed by atoms with Crippen molar-refractivity contribution in [3.05, 3.63) is 33.9 Å². The zero-order valence-electron chi connectivity index (χ0n) is 20.1. The number of ketones is 1. The molecule has 2 N–H and O–H groups in total. The van der Waals surface area contributed by atoms with Crippen LogP contribution in [0.25, 0.3) is 0 Å². The molecule has 1 amide bonds. The number of alkyl halides is 2. The molecule has 0 aromatic carbocycles. The summed E-state index contributed by atoms with van der Waals surface area (Å²) in [5.74, 6) is -1.96. The lowest BCUT2D eigenvalue weighted by molar-refractivity contribution is -0.117. The van der Waals surface area contributed by atoms with Crippen LogP contribution in [0.2, 0.25) is 0 Å². The monoisotopic (exact) mass is 548 g/mol. The van der Waals surface area contributed by atoms with E-state index in [1.807, 2.05) is 0 Å². The first-order valence-corrected chi connectivity index (χ1v) is 13.7. The van der Waals surface area contributed by atoms with Crippen LogP contribution >= 0.6 is 22.7 Å². The van der Waals surface area contributed by atoms with E-state index in [4.69, 9.17) is 0 Å². The van der Waals surface area contributed by atoms with E-state index in [0.717, 1.165) is 35.7 Å². The minimum atomic E-state index is -2.67. The number of amides is 1. The van der Waals surface area contributed by atoms with Gasteiger partial charge in [0.25, 0.3) is 5.92 Å². The molecule has 0 unspecified atom stereocenters. The summed E-state index contributed by atoms with van der Waals surface area (Å²) in [5.41, 5.74) is 0.545. The van der Waals surface area contributed by atoms with Crippen molar-refractivity contribution in [3.63, 3.8) is 0 Å². The Hall–Kier alpha value is -3.13. The molecule has 2 aliphatic rings. The molecule has 4 heterocycles. The number of carbonyl (C=O) groups is 2. The molecule has 2 fully saturated rings. The van der Waals surface area contributed by atoms with Gasteiger partial charge in [0.1, 0.15) is 15.8 Å². The van der Waals surface area contributed by atoms with Gasteiger partial charge in [-0.15, -0.1) is 20.4 Å². The van der Waals surface area contributed by atoms with Crippen LogP contribution in [0.3, 0.4) is 0 Å². The van der Waals surface area contributed by atoms with Gasteiger partial charge in [-0.25, -0.2) is 13.8 Å². The number of Topliss-reactive ketones (excluding diaryl/α,β-unsaturated/α-hetero) is 1. The van der Waals surface area contributed by atoms with Crippen LogP contribution in [0, 0.1) is 0 Å². The molecule has 1 aliphatic carbocycles. The van der Waals surface area contributed by atoms with Crippen LogP contribution in [0.5, 0.6) is 0 Å². The number of hydrogen-bond donors (Lipinski definition) is 2. The molecule has 3 aromatic rings. The second kappa shape index (κ2) is 10.7. The van der Waals surface area contributed by atoms with Gasteiger partial charge >= 0.3 is 0 Å². The molecule has 196 valence electrons. The molecule has 0 radical (unpaired) electrons. The van der Waals surface area contributed by atoms with Gasteiger partial charge in [-0.3, -0.25) is 9.59 Å². The maximum atomic E-state index is 13.1. The molecule has 1 aliphatic heterocycles. The fourth-order valence-corrected chi connectivity index (χ4v) is 6.39. The Bertz CT molecular complexity index is 1270. The summed E-state index contributed by atoms with van der Waals surface area (Å²) in [6.07, 6.45) is 4.04. The van der Waals surface area contributed by atoms with Gasteiger partial charge in [-0.1, -0.05) is 35.2 Å². The van der Waals surface area contributed by atoms with E-state index < -0.39 is 5.92 Å². The van der Waals surface area contributed by atoms with Gasteiger partial charge in [0.15, 0.2) is 5.78 Å². The van der Waals surface area contributed by atoms with E-state index in [9.17, 15) is 18.4 Å². The van der Waals surface area contributed by atoms with Crippen molar-refractivity contribution in [1.29, 1.82) is 0 Å². The Kier molecular flexibility index (Phi) is 7.38. The minimum Gasteiger partial charge on any atom is -0.353 e. The van der Waals surface area contributed by atoms with E-state index in [1.54, 1.807) is 18.2 Å². The van der Waals surface area contributed by atoms with Gasteiger partial charge in [0.2, 0.25) is 16.2 Å². The van der Waals surface area contributed by atoms with Crippen LogP contribution in [-0.4, -0.2) is 62.6 Å². The predicted molar refractivity (Wildman–Crippen MR) is 137 cm³/mol. The Morgan fingerprint density at radius 2 is 1.73 bits per heavy atom. The lowest BCUT2D eigenvalue weighted by Crippen LogP contribution is -2.56. The average Bonchev–Trinajstić information content (AvgIpc) is 3.51. The Balaban J connectivity index is 1.12. The number of nitrogens with zero attached hydrogens (tertiary/aromatic N) is 6. The summed E-state index contributed by atoms with van der Waals surface area (Å²) in [7, 11) is 0. The second-order valence-electron chi connectivity index (χ2n) is 9.40. The third kappa shape index (κ3) is 6.42. The van der Waals surface area contributed by atoms with E-state index in [0.29, 0.717) is 21.8 Å². The summed E-state index contributed by atoms with van der Waals surface area (Å²) in [6, 6.07) is 5.12. The number of halogens is 2. The van der Waals surface area contributed by atoms with E-state index in [1.165, 1.54) is 34.5 Å². The summed E-state index contributed by atoms with van der Waals surface area (Å²) < 4.78 is 26.3. The number of rotatable bonds is 9.